The van der Waals surface area contributed by atoms with Crippen molar-refractivity contribution < 1.29 is 19.4 Å². The number of aliphatic carboxylic acids is 1. The highest BCUT2D eigenvalue weighted by atomic mass is 16.5. The lowest BCUT2D eigenvalue weighted by atomic mass is 10.3. The van der Waals surface area contributed by atoms with Gasteiger partial charge in [-0.25, -0.2) is 4.79 Å². The van der Waals surface area contributed by atoms with E-state index in [-0.39, 0.29) is 0 Å². The van der Waals surface area contributed by atoms with E-state index in [0.717, 1.165) is 17.7 Å². The van der Waals surface area contributed by atoms with Crippen LogP contribution in [0.4, 0.5) is 5.69 Å². The minimum Gasteiger partial charge on any atom is -0.489 e. The van der Waals surface area contributed by atoms with Gasteiger partial charge >= 0.3 is 5.97 Å². The monoisotopic (exact) mass is 261 g/mol. The van der Waals surface area contributed by atoms with Gasteiger partial charge in [0.25, 0.3) is 0 Å². The molecule has 1 rings (SSSR count). The Kier molecular flexibility index (Phi) is 5.35. The van der Waals surface area contributed by atoms with E-state index >= 15 is 0 Å². The summed E-state index contributed by atoms with van der Waals surface area (Å²) < 4.78 is 5.40. The van der Waals surface area contributed by atoms with Crippen LogP contribution in [0.2, 0.25) is 0 Å². The molecule has 0 aromatic heterocycles. The predicted molar refractivity (Wildman–Crippen MR) is 72.2 cm³/mol. The molecule has 0 spiro atoms. The molecule has 0 atom stereocenters. The van der Waals surface area contributed by atoms with Crippen LogP contribution >= 0.6 is 0 Å². The zero-order valence-electron chi connectivity index (χ0n) is 10.6. The second kappa shape index (κ2) is 7.00. The Morgan fingerprint density at radius 3 is 2.47 bits per heavy atom. The molecule has 0 aliphatic carbocycles. The van der Waals surface area contributed by atoms with Gasteiger partial charge in [0.15, 0.2) is 0 Å². The number of hydrogen-bond donors (Lipinski definition) is 2. The molecule has 2 N–H and O–H groups in total. The first-order valence-corrected chi connectivity index (χ1v) is 5.56. The molecule has 5 heteroatoms. The lowest BCUT2D eigenvalue weighted by Gasteiger charge is -2.07. The number of hydrogen-bond acceptors (Lipinski definition) is 3. The first kappa shape index (κ1) is 14.5. The molecule has 0 bridgehead atoms. The van der Waals surface area contributed by atoms with Crippen molar-refractivity contribution >= 4 is 17.6 Å². The Morgan fingerprint density at radius 1 is 1.32 bits per heavy atom. The Hall–Kier alpha value is -2.56. The lowest BCUT2D eigenvalue weighted by Crippen LogP contribution is -2.08. The third kappa shape index (κ3) is 6.07. The molecular weight excluding hydrogens is 246 g/mol. The van der Waals surface area contributed by atoms with E-state index in [2.05, 4.69) is 11.9 Å². The number of nitrogens with one attached hydrogen (secondary N) is 1. The standard InChI is InChI=1S/C14H15NO4/c1-10(2)9-19-12-5-3-11(4-6-12)15-13(16)7-8-14(17)18/h3-8H,1,9H2,2H3,(H,15,16)(H,17,18)/b8-7+. The van der Waals surface area contributed by atoms with E-state index in [0.29, 0.717) is 18.0 Å². The van der Waals surface area contributed by atoms with Crippen LogP contribution in [0.3, 0.4) is 0 Å². The molecule has 0 unspecified atom stereocenters. The third-order valence-corrected chi connectivity index (χ3v) is 1.98. The number of carbonyl (C=O) groups is 2. The first-order valence-electron chi connectivity index (χ1n) is 5.56. The van der Waals surface area contributed by atoms with E-state index in [1.807, 2.05) is 6.92 Å². The Balaban J connectivity index is 2.54. The highest BCUT2D eigenvalue weighted by Crippen LogP contribution is 2.16. The Bertz CT molecular complexity index is 503. The van der Waals surface area contributed by atoms with E-state index in [1.54, 1.807) is 24.3 Å². The normalized spacial score (nSPS) is 10.2. The maximum absolute atomic E-state index is 11.3. The van der Waals surface area contributed by atoms with Crippen LogP contribution < -0.4 is 10.1 Å². The van der Waals surface area contributed by atoms with Crippen LogP contribution in [0.5, 0.6) is 5.75 Å². The van der Waals surface area contributed by atoms with Crippen molar-refractivity contribution in [2.75, 3.05) is 11.9 Å². The second-order valence-corrected chi connectivity index (χ2v) is 3.93. The van der Waals surface area contributed by atoms with Gasteiger partial charge in [0, 0.05) is 17.8 Å². The SMILES string of the molecule is C=C(C)COc1ccc(NC(=O)/C=C/C(=O)O)cc1. The molecule has 100 valence electrons. The zero-order chi connectivity index (χ0) is 14.3. The second-order valence-electron chi connectivity index (χ2n) is 3.93. The average Bonchev–Trinajstić information content (AvgIpc) is 2.35. The quantitative estimate of drug-likeness (QED) is 0.608. The number of carboxylic acid groups (broad SMARTS) is 1. The first-order chi connectivity index (χ1) is 8.97. The van der Waals surface area contributed by atoms with Crippen LogP contribution in [-0.2, 0) is 9.59 Å². The van der Waals surface area contributed by atoms with Gasteiger partial charge < -0.3 is 15.2 Å². The molecule has 5 nitrogen and oxygen atoms in total. The number of ether oxygens (including phenoxy) is 1. The van der Waals surface area contributed by atoms with E-state index < -0.39 is 11.9 Å². The largest absolute Gasteiger partial charge is 0.489 e. The highest BCUT2D eigenvalue weighted by Gasteiger charge is 2.00. The molecule has 1 aromatic carbocycles. The van der Waals surface area contributed by atoms with Gasteiger partial charge in [0.05, 0.1) is 0 Å². The van der Waals surface area contributed by atoms with Crippen LogP contribution in [0.15, 0.2) is 48.6 Å². The minimum atomic E-state index is -1.17. The van der Waals surface area contributed by atoms with E-state index in [1.165, 1.54) is 0 Å². The van der Waals surface area contributed by atoms with Crippen LogP contribution in [0.25, 0.3) is 0 Å². The molecule has 0 saturated carbocycles. The van der Waals surface area contributed by atoms with E-state index in [4.69, 9.17) is 9.84 Å². The van der Waals surface area contributed by atoms with Crippen LogP contribution in [0, 0.1) is 0 Å². The van der Waals surface area contributed by atoms with Crippen LogP contribution in [0.1, 0.15) is 6.92 Å². The van der Waals surface area contributed by atoms with Crippen molar-refractivity contribution in [2.24, 2.45) is 0 Å². The highest BCUT2D eigenvalue weighted by molar-refractivity contribution is 6.02. The van der Waals surface area contributed by atoms with Crippen LogP contribution in [-0.4, -0.2) is 23.6 Å². The summed E-state index contributed by atoms with van der Waals surface area (Å²) in [7, 11) is 0. The topological polar surface area (TPSA) is 75.6 Å². The van der Waals surface area contributed by atoms with Gasteiger partial charge in [0.1, 0.15) is 12.4 Å². The summed E-state index contributed by atoms with van der Waals surface area (Å²) >= 11 is 0. The molecule has 0 radical (unpaired) electrons. The van der Waals surface area contributed by atoms with Gasteiger partial charge in [-0.3, -0.25) is 4.79 Å². The van der Waals surface area contributed by atoms with Crippen molar-refractivity contribution in [1.29, 1.82) is 0 Å². The summed E-state index contributed by atoms with van der Waals surface area (Å²) in [6, 6.07) is 6.75. The van der Waals surface area contributed by atoms with Gasteiger partial charge in [0.2, 0.25) is 5.91 Å². The zero-order valence-corrected chi connectivity index (χ0v) is 10.6. The molecule has 0 aliphatic rings. The molecule has 0 saturated heterocycles. The smallest absolute Gasteiger partial charge is 0.328 e. The van der Waals surface area contributed by atoms with Gasteiger partial charge in [-0.05, 0) is 36.8 Å². The number of benzene rings is 1. The molecule has 19 heavy (non-hydrogen) atoms. The van der Waals surface area contributed by atoms with Crippen molar-refractivity contribution in [1.82, 2.24) is 0 Å². The fourth-order valence-electron chi connectivity index (χ4n) is 1.17. The maximum Gasteiger partial charge on any atom is 0.328 e. The Morgan fingerprint density at radius 2 is 1.95 bits per heavy atom. The van der Waals surface area contributed by atoms with Crippen molar-refractivity contribution in [3.8, 4) is 5.75 Å². The van der Waals surface area contributed by atoms with Gasteiger partial charge in [-0.2, -0.15) is 0 Å². The molecule has 0 fully saturated rings. The summed E-state index contributed by atoms with van der Waals surface area (Å²) in [5, 5.41) is 10.9. The fourth-order valence-corrected chi connectivity index (χ4v) is 1.17. The molecule has 1 amide bonds. The van der Waals surface area contributed by atoms with Crippen molar-refractivity contribution in [3.63, 3.8) is 0 Å². The minimum absolute atomic E-state index is 0.438. The Labute approximate surface area is 111 Å². The number of amides is 1. The van der Waals surface area contributed by atoms with Crippen molar-refractivity contribution in [2.45, 2.75) is 6.92 Å². The number of carboxylic acids is 1. The molecule has 0 heterocycles. The summed E-state index contributed by atoms with van der Waals surface area (Å²) in [6.07, 6.45) is 1.73. The lowest BCUT2D eigenvalue weighted by molar-refractivity contribution is -0.131. The predicted octanol–water partition coefficient (Wildman–Crippen LogP) is 2.22. The number of rotatable bonds is 6. The molecule has 0 aliphatic heterocycles. The molecular formula is C14H15NO4. The number of carbonyl (C=O) groups excluding carboxylic acids is 1. The third-order valence-electron chi connectivity index (χ3n) is 1.98. The van der Waals surface area contributed by atoms with Crippen molar-refractivity contribution in [3.05, 3.63) is 48.6 Å². The van der Waals surface area contributed by atoms with Gasteiger partial charge in [-0.1, -0.05) is 6.58 Å². The summed E-state index contributed by atoms with van der Waals surface area (Å²) in [5.74, 6) is -1.00. The van der Waals surface area contributed by atoms with Gasteiger partial charge in [-0.15, -0.1) is 0 Å². The van der Waals surface area contributed by atoms with E-state index in [9.17, 15) is 9.59 Å². The average molecular weight is 261 g/mol. The maximum atomic E-state index is 11.3. The summed E-state index contributed by atoms with van der Waals surface area (Å²) in [6.45, 7) is 6.03. The summed E-state index contributed by atoms with van der Waals surface area (Å²) in [5.41, 5.74) is 1.47. The number of anilines is 1. The fraction of sp³-hybridized carbons (Fsp3) is 0.143. The molecule has 1 aromatic rings. The summed E-state index contributed by atoms with van der Waals surface area (Å²) in [4.78, 5) is 21.6.